The van der Waals surface area contributed by atoms with Crippen molar-refractivity contribution in [2.24, 2.45) is 5.92 Å². The van der Waals surface area contributed by atoms with Gasteiger partial charge in [-0.1, -0.05) is 35.6 Å². The molecule has 11 heteroatoms. The molecular formula is C21H22N2O7S2. The van der Waals surface area contributed by atoms with Gasteiger partial charge in [0.05, 0.1) is 18.1 Å². The monoisotopic (exact) mass is 478 g/mol. The maximum Gasteiger partial charge on any atom is 0.305 e. The van der Waals surface area contributed by atoms with Crippen LogP contribution >= 0.6 is 23.1 Å². The fourth-order valence-electron chi connectivity index (χ4n) is 4.26. The number of carbonyl (C=O) groups is 3. The van der Waals surface area contributed by atoms with E-state index in [-0.39, 0.29) is 41.2 Å². The number of nitrogens with zero attached hydrogens (tertiary/aromatic N) is 1. The van der Waals surface area contributed by atoms with E-state index in [1.807, 2.05) is 0 Å². The molecule has 1 saturated heterocycles. The SMILES string of the molecule is COc1cc([C@@H]2c3sc(=O)[nH]c3S[C@@H]3C(=O)N(CCCCCC(=O)O)C(=O)[C@H]23)ccc1O. The van der Waals surface area contributed by atoms with Crippen molar-refractivity contribution in [1.82, 2.24) is 9.88 Å². The van der Waals surface area contributed by atoms with Gasteiger partial charge in [0.25, 0.3) is 0 Å². The molecule has 0 aliphatic carbocycles. The zero-order valence-corrected chi connectivity index (χ0v) is 18.8. The van der Waals surface area contributed by atoms with Crippen molar-refractivity contribution in [3.63, 3.8) is 0 Å². The van der Waals surface area contributed by atoms with Crippen molar-refractivity contribution in [3.8, 4) is 11.5 Å². The Hall–Kier alpha value is -2.79. The zero-order chi connectivity index (χ0) is 23.0. The Balaban J connectivity index is 1.64. The first-order valence-electron chi connectivity index (χ1n) is 10.2. The number of benzene rings is 1. The normalized spacial score (nSPS) is 22.0. The summed E-state index contributed by atoms with van der Waals surface area (Å²) in [5.74, 6) is -2.46. The number of unbranched alkanes of at least 4 members (excludes halogenated alkanes) is 2. The molecule has 0 radical (unpaired) electrons. The summed E-state index contributed by atoms with van der Waals surface area (Å²) in [5, 5.41) is 18.7. The molecule has 32 heavy (non-hydrogen) atoms. The van der Waals surface area contributed by atoms with E-state index in [9.17, 15) is 24.3 Å². The fraction of sp³-hybridized carbons (Fsp3) is 0.429. The van der Waals surface area contributed by atoms with Gasteiger partial charge in [0, 0.05) is 23.8 Å². The van der Waals surface area contributed by atoms with Gasteiger partial charge in [0.15, 0.2) is 11.5 Å². The fourth-order valence-corrected chi connectivity index (χ4v) is 6.80. The number of ether oxygens (including phenoxy) is 1. The molecule has 3 N–H and O–H groups in total. The maximum atomic E-state index is 13.4. The number of aromatic amines is 1. The summed E-state index contributed by atoms with van der Waals surface area (Å²) in [4.78, 5) is 53.7. The summed E-state index contributed by atoms with van der Waals surface area (Å²) in [6.45, 7) is 0.237. The van der Waals surface area contributed by atoms with Gasteiger partial charge in [-0.05, 0) is 30.5 Å². The van der Waals surface area contributed by atoms with E-state index < -0.39 is 23.1 Å². The Morgan fingerprint density at radius 3 is 2.69 bits per heavy atom. The third-order valence-electron chi connectivity index (χ3n) is 5.75. The minimum absolute atomic E-state index is 0.0442. The highest BCUT2D eigenvalue weighted by Gasteiger charge is 2.55. The quantitative estimate of drug-likeness (QED) is 0.389. The van der Waals surface area contributed by atoms with Gasteiger partial charge >= 0.3 is 10.8 Å². The van der Waals surface area contributed by atoms with Crippen molar-refractivity contribution in [2.45, 2.75) is 41.9 Å². The first-order valence-corrected chi connectivity index (χ1v) is 11.8. The predicted molar refractivity (Wildman–Crippen MR) is 117 cm³/mol. The molecule has 0 saturated carbocycles. The standard InChI is InChI=1S/C21H22N2O7S2/c1-30-12-9-10(6-7-11(12)24)14-15-17(31-18-16(14)32-21(29)22-18)20(28)23(19(15)27)8-4-2-3-5-13(25)26/h6-7,9,14-15,17,24H,2-5,8H2,1H3,(H,22,29)(H,25,26)/t14-,15+,17-/m0/s1. The molecule has 4 rings (SSSR count). The topological polar surface area (TPSA) is 137 Å². The van der Waals surface area contributed by atoms with Gasteiger partial charge < -0.3 is 19.9 Å². The number of thiazole rings is 1. The second kappa shape index (κ2) is 8.99. The number of amides is 2. The number of thioether (sulfide) groups is 1. The van der Waals surface area contributed by atoms with Crippen LogP contribution in [0.5, 0.6) is 11.5 Å². The van der Waals surface area contributed by atoms with E-state index in [0.29, 0.717) is 34.7 Å². The number of phenols is 1. The first kappa shape index (κ1) is 22.4. The number of imide groups is 1. The number of aromatic nitrogens is 1. The van der Waals surface area contributed by atoms with Crippen LogP contribution in [0.3, 0.4) is 0 Å². The van der Waals surface area contributed by atoms with Gasteiger partial charge in [0.2, 0.25) is 11.8 Å². The van der Waals surface area contributed by atoms with E-state index >= 15 is 0 Å². The number of phenolic OH excluding ortho intramolecular Hbond substituents is 1. The molecule has 170 valence electrons. The molecule has 3 heterocycles. The van der Waals surface area contributed by atoms with E-state index in [0.717, 1.165) is 11.3 Å². The van der Waals surface area contributed by atoms with Gasteiger partial charge in [-0.2, -0.15) is 0 Å². The van der Waals surface area contributed by atoms with Gasteiger partial charge in [-0.15, -0.1) is 0 Å². The molecule has 2 aliphatic rings. The predicted octanol–water partition coefficient (Wildman–Crippen LogP) is 2.39. The van der Waals surface area contributed by atoms with Gasteiger partial charge in [-0.3, -0.25) is 24.1 Å². The molecule has 0 spiro atoms. The molecule has 1 aromatic heterocycles. The number of aromatic hydroxyl groups is 1. The third-order valence-corrected chi connectivity index (χ3v) is 8.15. The zero-order valence-electron chi connectivity index (χ0n) is 17.2. The van der Waals surface area contributed by atoms with Crippen LogP contribution in [0, 0.1) is 5.92 Å². The first-order chi connectivity index (χ1) is 15.3. The summed E-state index contributed by atoms with van der Waals surface area (Å²) in [6.07, 6.45) is 1.68. The number of nitrogens with one attached hydrogen (secondary N) is 1. The smallest absolute Gasteiger partial charge is 0.305 e. The molecule has 3 atom stereocenters. The van der Waals surface area contributed by atoms with E-state index in [1.165, 1.54) is 29.8 Å². The Bertz CT molecular complexity index is 1130. The van der Waals surface area contributed by atoms with Crippen LogP contribution in [0.25, 0.3) is 0 Å². The molecule has 1 aromatic carbocycles. The molecule has 1 fully saturated rings. The number of carbonyl (C=O) groups excluding carboxylic acids is 2. The van der Waals surface area contributed by atoms with E-state index in [4.69, 9.17) is 9.84 Å². The van der Waals surface area contributed by atoms with Gasteiger partial charge in [-0.25, -0.2) is 0 Å². The average molecular weight is 479 g/mol. The minimum atomic E-state index is -0.868. The number of carboxylic acids is 1. The largest absolute Gasteiger partial charge is 0.504 e. The summed E-state index contributed by atoms with van der Waals surface area (Å²) in [5.41, 5.74) is 0.677. The van der Waals surface area contributed by atoms with Crippen molar-refractivity contribution in [1.29, 1.82) is 0 Å². The summed E-state index contributed by atoms with van der Waals surface area (Å²) in [6, 6.07) is 4.78. The highest BCUT2D eigenvalue weighted by Crippen LogP contribution is 2.53. The molecular weight excluding hydrogens is 456 g/mol. The number of likely N-dealkylation sites (tertiary alicyclic amines) is 1. The van der Waals surface area contributed by atoms with Crippen LogP contribution in [0.2, 0.25) is 0 Å². The third kappa shape index (κ3) is 4.02. The van der Waals surface area contributed by atoms with Crippen LogP contribution in [0.15, 0.2) is 28.0 Å². The average Bonchev–Trinajstić information content (AvgIpc) is 3.24. The summed E-state index contributed by atoms with van der Waals surface area (Å²) in [7, 11) is 1.43. The van der Waals surface area contributed by atoms with Crippen molar-refractivity contribution in [2.75, 3.05) is 13.7 Å². The lowest BCUT2D eigenvalue weighted by Crippen LogP contribution is -2.33. The molecule has 0 bridgehead atoms. The lowest BCUT2D eigenvalue weighted by Gasteiger charge is -2.30. The lowest BCUT2D eigenvalue weighted by atomic mass is 9.83. The molecule has 9 nitrogen and oxygen atoms in total. The maximum absolute atomic E-state index is 13.4. The molecule has 2 amide bonds. The number of rotatable bonds is 8. The van der Waals surface area contributed by atoms with E-state index in [1.54, 1.807) is 12.1 Å². The van der Waals surface area contributed by atoms with Crippen LogP contribution < -0.4 is 9.61 Å². The van der Waals surface area contributed by atoms with Crippen molar-refractivity contribution >= 4 is 40.9 Å². The number of carboxylic acid groups (broad SMARTS) is 1. The number of fused-ring (bicyclic) bond motifs is 2. The number of methoxy groups -OCH3 is 1. The van der Waals surface area contributed by atoms with Crippen LogP contribution in [0.4, 0.5) is 0 Å². The Labute approximate surface area is 191 Å². The number of hydrogen-bond acceptors (Lipinski definition) is 8. The number of H-pyrrole nitrogens is 1. The summed E-state index contributed by atoms with van der Waals surface area (Å²) >= 11 is 2.23. The van der Waals surface area contributed by atoms with Crippen LogP contribution in [0.1, 0.15) is 42.0 Å². The van der Waals surface area contributed by atoms with Crippen LogP contribution in [-0.2, 0) is 14.4 Å². The molecule has 0 unspecified atom stereocenters. The number of hydrogen-bond donors (Lipinski definition) is 3. The van der Waals surface area contributed by atoms with Crippen LogP contribution in [-0.4, -0.2) is 56.8 Å². The Morgan fingerprint density at radius 1 is 1.19 bits per heavy atom. The van der Waals surface area contributed by atoms with Crippen molar-refractivity contribution < 1.29 is 29.3 Å². The number of aliphatic carboxylic acids is 1. The second-order valence-electron chi connectivity index (χ2n) is 7.71. The highest BCUT2D eigenvalue weighted by atomic mass is 32.2. The van der Waals surface area contributed by atoms with Gasteiger partial charge in [0.1, 0.15) is 5.25 Å². The Kier molecular flexibility index (Phi) is 6.29. The molecule has 2 aromatic rings. The summed E-state index contributed by atoms with van der Waals surface area (Å²) < 4.78 is 5.22. The highest BCUT2D eigenvalue weighted by molar-refractivity contribution is 8.00. The van der Waals surface area contributed by atoms with Crippen molar-refractivity contribution in [3.05, 3.63) is 38.3 Å². The Morgan fingerprint density at radius 2 is 1.97 bits per heavy atom. The molecule has 2 aliphatic heterocycles. The minimum Gasteiger partial charge on any atom is -0.504 e. The second-order valence-corrected chi connectivity index (χ2v) is 9.88. The van der Waals surface area contributed by atoms with E-state index in [2.05, 4.69) is 4.98 Å². The lowest BCUT2D eigenvalue weighted by molar-refractivity contribution is -0.140.